The Kier molecular flexibility index (Phi) is 5.04. The number of hydrogen-bond donors (Lipinski definition) is 1. The highest BCUT2D eigenvalue weighted by Crippen LogP contribution is 2.23. The number of sulfonamides is 1. The molecular formula is C17H17NO5S. The molecule has 2 aromatic carbocycles. The summed E-state index contributed by atoms with van der Waals surface area (Å²) in [7, 11) is -2.84. The average Bonchev–Trinajstić information content (AvgIpc) is 2.53. The zero-order chi connectivity index (χ0) is 17.9. The van der Waals surface area contributed by atoms with E-state index in [-0.39, 0.29) is 21.9 Å². The summed E-state index contributed by atoms with van der Waals surface area (Å²) in [6.45, 7) is 3.02. The number of nitrogens with one attached hydrogen (secondary N) is 1. The van der Waals surface area contributed by atoms with Crippen molar-refractivity contribution in [2.45, 2.75) is 18.7 Å². The van der Waals surface area contributed by atoms with E-state index in [0.29, 0.717) is 11.1 Å². The SMILES string of the molecule is COC(=O)c1c(C)cccc1S(=O)(=O)Nc1cccc(C(C)=O)c1. The van der Waals surface area contributed by atoms with Crippen molar-refractivity contribution >= 4 is 27.5 Å². The Hall–Kier alpha value is -2.67. The molecule has 0 heterocycles. The lowest BCUT2D eigenvalue weighted by molar-refractivity contribution is 0.0595. The number of hydrogen-bond acceptors (Lipinski definition) is 5. The Morgan fingerprint density at radius 1 is 1.08 bits per heavy atom. The Morgan fingerprint density at radius 3 is 2.38 bits per heavy atom. The van der Waals surface area contributed by atoms with Crippen molar-refractivity contribution in [1.82, 2.24) is 0 Å². The number of Topliss-reactive ketones (excluding diaryl/α,β-unsaturated/α-hetero) is 1. The molecule has 0 saturated heterocycles. The molecule has 0 aromatic heterocycles. The van der Waals surface area contributed by atoms with Crippen molar-refractivity contribution in [3.8, 4) is 0 Å². The number of ether oxygens (including phenoxy) is 1. The minimum absolute atomic E-state index is 0.0183. The highest BCUT2D eigenvalue weighted by molar-refractivity contribution is 7.92. The molecule has 0 unspecified atom stereocenters. The number of esters is 1. The Bertz CT molecular complexity index is 903. The van der Waals surface area contributed by atoms with Crippen molar-refractivity contribution < 1.29 is 22.7 Å². The lowest BCUT2D eigenvalue weighted by Gasteiger charge is -2.13. The first-order valence-electron chi connectivity index (χ1n) is 7.08. The van der Waals surface area contributed by atoms with Gasteiger partial charge in [0.25, 0.3) is 10.0 Å². The summed E-state index contributed by atoms with van der Waals surface area (Å²) >= 11 is 0. The minimum Gasteiger partial charge on any atom is -0.465 e. The summed E-state index contributed by atoms with van der Waals surface area (Å²) in [4.78, 5) is 23.2. The van der Waals surface area contributed by atoms with Crippen LogP contribution in [0.2, 0.25) is 0 Å². The molecule has 0 aliphatic carbocycles. The van der Waals surface area contributed by atoms with Crippen LogP contribution in [0.15, 0.2) is 47.4 Å². The highest BCUT2D eigenvalue weighted by atomic mass is 32.2. The molecule has 0 bridgehead atoms. The van der Waals surface area contributed by atoms with E-state index in [4.69, 9.17) is 0 Å². The van der Waals surface area contributed by atoms with Crippen molar-refractivity contribution in [3.63, 3.8) is 0 Å². The van der Waals surface area contributed by atoms with Gasteiger partial charge in [0.1, 0.15) is 4.90 Å². The molecule has 7 heteroatoms. The molecule has 0 aliphatic heterocycles. The Balaban J connectivity index is 2.49. The second kappa shape index (κ2) is 6.84. The van der Waals surface area contributed by atoms with Gasteiger partial charge in [-0.3, -0.25) is 9.52 Å². The number of rotatable bonds is 5. The molecule has 126 valence electrons. The van der Waals surface area contributed by atoms with Gasteiger partial charge in [0.15, 0.2) is 5.78 Å². The van der Waals surface area contributed by atoms with Gasteiger partial charge >= 0.3 is 5.97 Å². The van der Waals surface area contributed by atoms with E-state index in [9.17, 15) is 18.0 Å². The topological polar surface area (TPSA) is 89.5 Å². The molecule has 2 aromatic rings. The smallest absolute Gasteiger partial charge is 0.339 e. The first kappa shape index (κ1) is 17.7. The zero-order valence-corrected chi connectivity index (χ0v) is 14.3. The van der Waals surface area contributed by atoms with Crippen LogP contribution in [0.25, 0.3) is 0 Å². The fourth-order valence-electron chi connectivity index (χ4n) is 2.24. The first-order valence-corrected chi connectivity index (χ1v) is 8.56. The van der Waals surface area contributed by atoms with Crippen LogP contribution in [0.3, 0.4) is 0 Å². The second-order valence-corrected chi connectivity index (χ2v) is 6.83. The molecule has 24 heavy (non-hydrogen) atoms. The summed E-state index contributed by atoms with van der Waals surface area (Å²) in [5.74, 6) is -0.909. The number of carbonyl (C=O) groups excluding carboxylic acids is 2. The number of methoxy groups -OCH3 is 1. The molecular weight excluding hydrogens is 330 g/mol. The zero-order valence-electron chi connectivity index (χ0n) is 13.5. The molecule has 6 nitrogen and oxygen atoms in total. The van der Waals surface area contributed by atoms with Crippen LogP contribution >= 0.6 is 0 Å². The number of carbonyl (C=O) groups is 2. The summed E-state index contributed by atoms with van der Waals surface area (Å²) in [5, 5.41) is 0. The van der Waals surface area contributed by atoms with Gasteiger partial charge < -0.3 is 4.74 Å². The Morgan fingerprint density at radius 2 is 1.75 bits per heavy atom. The van der Waals surface area contributed by atoms with Gasteiger partial charge in [-0.2, -0.15) is 0 Å². The van der Waals surface area contributed by atoms with Crippen LogP contribution in [0, 0.1) is 6.92 Å². The summed E-state index contributed by atoms with van der Waals surface area (Å²) in [5.41, 5.74) is 1.09. The third-order valence-electron chi connectivity index (χ3n) is 3.43. The third-order valence-corrected chi connectivity index (χ3v) is 4.86. The predicted octanol–water partition coefficient (Wildman–Crippen LogP) is 2.79. The number of benzene rings is 2. The maximum Gasteiger partial charge on any atom is 0.339 e. The van der Waals surface area contributed by atoms with Crippen LogP contribution in [-0.4, -0.2) is 27.3 Å². The fraction of sp³-hybridized carbons (Fsp3) is 0.176. The summed E-state index contributed by atoms with van der Waals surface area (Å²) in [6, 6.07) is 10.6. The van der Waals surface area contributed by atoms with Gasteiger partial charge in [-0.05, 0) is 37.6 Å². The van der Waals surface area contributed by atoms with E-state index in [0.717, 1.165) is 0 Å². The molecule has 0 amide bonds. The molecule has 0 aliphatic rings. The highest BCUT2D eigenvalue weighted by Gasteiger charge is 2.24. The Labute approximate surface area is 140 Å². The molecule has 0 spiro atoms. The van der Waals surface area contributed by atoms with Crippen LogP contribution in [0.5, 0.6) is 0 Å². The molecule has 0 saturated carbocycles. The van der Waals surface area contributed by atoms with Crippen molar-refractivity contribution in [2.75, 3.05) is 11.8 Å². The van der Waals surface area contributed by atoms with Gasteiger partial charge in [-0.1, -0.05) is 24.3 Å². The quantitative estimate of drug-likeness (QED) is 0.663. The standard InChI is InChI=1S/C17H17NO5S/c1-11-6-4-9-15(16(11)17(20)23-3)24(21,22)18-14-8-5-7-13(10-14)12(2)19/h4-10,18H,1-3H3. The lowest BCUT2D eigenvalue weighted by atomic mass is 10.1. The fourth-order valence-corrected chi connectivity index (χ4v) is 3.56. The van der Waals surface area contributed by atoms with Gasteiger partial charge in [0, 0.05) is 11.3 Å². The first-order chi connectivity index (χ1) is 11.3. The van der Waals surface area contributed by atoms with Crippen molar-refractivity contribution in [1.29, 1.82) is 0 Å². The maximum atomic E-state index is 12.7. The van der Waals surface area contributed by atoms with E-state index < -0.39 is 16.0 Å². The van der Waals surface area contributed by atoms with Crippen molar-refractivity contribution in [3.05, 3.63) is 59.2 Å². The van der Waals surface area contributed by atoms with Gasteiger partial charge in [0.05, 0.1) is 12.7 Å². The number of ketones is 1. The summed E-state index contributed by atoms with van der Waals surface area (Å²) < 4.78 is 32.4. The number of aryl methyl sites for hydroxylation is 1. The largest absolute Gasteiger partial charge is 0.465 e. The number of anilines is 1. The minimum atomic E-state index is -4.03. The van der Waals surface area contributed by atoms with E-state index >= 15 is 0 Å². The summed E-state index contributed by atoms with van der Waals surface area (Å²) in [6.07, 6.45) is 0. The van der Waals surface area contributed by atoms with E-state index in [1.807, 2.05) is 0 Å². The van der Waals surface area contributed by atoms with Crippen LogP contribution in [0.1, 0.15) is 33.2 Å². The third kappa shape index (κ3) is 3.62. The van der Waals surface area contributed by atoms with Crippen LogP contribution in [-0.2, 0) is 14.8 Å². The van der Waals surface area contributed by atoms with E-state index in [1.54, 1.807) is 31.2 Å². The lowest BCUT2D eigenvalue weighted by Crippen LogP contribution is -2.18. The monoisotopic (exact) mass is 347 g/mol. The molecule has 2 rings (SSSR count). The normalized spacial score (nSPS) is 11.0. The van der Waals surface area contributed by atoms with Crippen LogP contribution in [0.4, 0.5) is 5.69 Å². The molecule has 1 N–H and O–H groups in total. The van der Waals surface area contributed by atoms with E-state index in [2.05, 4.69) is 9.46 Å². The average molecular weight is 347 g/mol. The van der Waals surface area contributed by atoms with Crippen molar-refractivity contribution in [2.24, 2.45) is 0 Å². The second-order valence-electron chi connectivity index (χ2n) is 5.18. The van der Waals surface area contributed by atoms with Gasteiger partial charge in [-0.25, -0.2) is 13.2 Å². The molecule has 0 radical (unpaired) electrons. The van der Waals surface area contributed by atoms with Gasteiger partial charge in [-0.15, -0.1) is 0 Å². The van der Waals surface area contributed by atoms with Crippen LogP contribution < -0.4 is 4.72 Å². The molecule has 0 atom stereocenters. The predicted molar refractivity (Wildman–Crippen MR) is 89.8 cm³/mol. The van der Waals surface area contributed by atoms with Gasteiger partial charge in [0.2, 0.25) is 0 Å². The maximum absolute atomic E-state index is 12.7. The molecule has 0 fully saturated rings. The van der Waals surface area contributed by atoms with E-state index in [1.165, 1.54) is 32.2 Å².